The Kier molecular flexibility index (Phi) is 7.54. The first-order valence-corrected chi connectivity index (χ1v) is 9.19. The van der Waals surface area contributed by atoms with E-state index in [1.54, 1.807) is 26.0 Å². The number of benzene rings is 1. The fourth-order valence-electron chi connectivity index (χ4n) is 2.86. The van der Waals surface area contributed by atoms with Crippen LogP contribution in [0.25, 0.3) is 6.08 Å². The van der Waals surface area contributed by atoms with E-state index in [1.807, 2.05) is 0 Å². The van der Waals surface area contributed by atoms with Crippen molar-refractivity contribution in [1.29, 1.82) is 0 Å². The molecule has 0 saturated carbocycles. The summed E-state index contributed by atoms with van der Waals surface area (Å²) in [5.74, 6) is -1.42. The van der Waals surface area contributed by atoms with E-state index < -0.39 is 54.1 Å². The normalized spacial score (nSPS) is 17.1. The van der Waals surface area contributed by atoms with E-state index in [0.717, 1.165) is 18.6 Å². The molecule has 2 rings (SSSR count). The van der Waals surface area contributed by atoms with Crippen molar-refractivity contribution in [2.75, 3.05) is 6.61 Å². The van der Waals surface area contributed by atoms with Gasteiger partial charge in [-0.15, -0.1) is 10.1 Å². The highest BCUT2D eigenvalue weighted by Crippen LogP contribution is 2.39. The molecule has 3 unspecified atom stereocenters. The Morgan fingerprint density at radius 1 is 1.22 bits per heavy atom. The van der Waals surface area contributed by atoms with Gasteiger partial charge in [-0.2, -0.15) is 13.2 Å². The maximum absolute atomic E-state index is 13.5. The second kappa shape index (κ2) is 9.75. The average molecular weight is 463 g/mol. The number of halogens is 3. The highest BCUT2D eigenvalue weighted by molar-refractivity contribution is 5.96. The van der Waals surface area contributed by atoms with Gasteiger partial charge in [0.25, 0.3) is 5.09 Å². The zero-order valence-corrected chi connectivity index (χ0v) is 17.4. The number of hydrogen-bond donors (Lipinski definition) is 0. The van der Waals surface area contributed by atoms with E-state index in [4.69, 9.17) is 9.47 Å². The van der Waals surface area contributed by atoms with E-state index in [1.165, 1.54) is 6.92 Å². The highest BCUT2D eigenvalue weighted by atomic mass is 19.4. The molecule has 3 atom stereocenters. The number of fused-ring (bicyclic) bond motifs is 1. The van der Waals surface area contributed by atoms with Crippen LogP contribution in [0.2, 0.25) is 0 Å². The second-order valence-corrected chi connectivity index (χ2v) is 6.93. The Bertz CT molecular complexity index is 929. The van der Waals surface area contributed by atoms with Crippen LogP contribution in [0, 0.1) is 24.0 Å². The lowest BCUT2D eigenvalue weighted by molar-refractivity contribution is -0.767. The Morgan fingerprint density at radius 3 is 2.47 bits per heavy atom. The first kappa shape index (κ1) is 24.8. The SMILES string of the molecule is Cc1cc(C)c2c(c1)C=C(C(=O)OC(C)OC(=O)OCC(C)O[N+](=O)[O-])C(C(F)(F)F)O2. The Morgan fingerprint density at radius 2 is 1.88 bits per heavy atom. The molecule has 176 valence electrons. The molecule has 13 heteroatoms. The zero-order valence-electron chi connectivity index (χ0n) is 17.4. The summed E-state index contributed by atoms with van der Waals surface area (Å²) in [5.41, 5.74) is 0.649. The van der Waals surface area contributed by atoms with Crippen LogP contribution in [0.1, 0.15) is 30.5 Å². The number of carbonyl (C=O) groups excluding carboxylic acids is 2. The monoisotopic (exact) mass is 463 g/mol. The molecule has 0 aliphatic carbocycles. The van der Waals surface area contributed by atoms with E-state index >= 15 is 0 Å². The van der Waals surface area contributed by atoms with Crippen LogP contribution in [-0.2, 0) is 23.8 Å². The summed E-state index contributed by atoms with van der Waals surface area (Å²) < 4.78 is 59.6. The number of hydrogen-bond acceptors (Lipinski definition) is 9. The van der Waals surface area contributed by atoms with Crippen LogP contribution in [-0.4, -0.2) is 48.5 Å². The fourth-order valence-corrected chi connectivity index (χ4v) is 2.86. The molecule has 0 radical (unpaired) electrons. The molecular weight excluding hydrogens is 443 g/mol. The molecule has 1 aromatic carbocycles. The van der Waals surface area contributed by atoms with Crippen molar-refractivity contribution in [3.8, 4) is 5.75 Å². The maximum Gasteiger partial charge on any atom is 0.511 e. The van der Waals surface area contributed by atoms with Crippen molar-refractivity contribution in [1.82, 2.24) is 0 Å². The van der Waals surface area contributed by atoms with Crippen LogP contribution in [0.15, 0.2) is 17.7 Å². The molecule has 1 aliphatic heterocycles. The third kappa shape index (κ3) is 6.49. The lowest BCUT2D eigenvalue weighted by Gasteiger charge is -2.29. The quantitative estimate of drug-likeness (QED) is 0.258. The predicted molar refractivity (Wildman–Crippen MR) is 99.9 cm³/mol. The Hall–Kier alpha value is -3.51. The number of nitrogens with zero attached hydrogens (tertiary/aromatic N) is 1. The third-order valence-electron chi connectivity index (χ3n) is 4.05. The topological polar surface area (TPSA) is 123 Å². The molecule has 1 aromatic rings. The van der Waals surface area contributed by atoms with Gasteiger partial charge in [0, 0.05) is 12.5 Å². The van der Waals surface area contributed by atoms with Gasteiger partial charge in [-0.1, -0.05) is 11.6 Å². The number of ether oxygens (including phenoxy) is 4. The maximum atomic E-state index is 13.5. The minimum Gasteiger partial charge on any atom is -0.475 e. The minimum absolute atomic E-state index is 0.00610. The summed E-state index contributed by atoms with van der Waals surface area (Å²) in [6.45, 7) is 5.08. The summed E-state index contributed by atoms with van der Waals surface area (Å²) in [6.07, 6.45) is -10.6. The van der Waals surface area contributed by atoms with E-state index in [2.05, 4.69) is 14.3 Å². The molecule has 0 aromatic heterocycles. The van der Waals surface area contributed by atoms with Crippen LogP contribution < -0.4 is 4.74 Å². The van der Waals surface area contributed by atoms with E-state index in [9.17, 15) is 32.9 Å². The molecule has 0 bridgehead atoms. The molecule has 32 heavy (non-hydrogen) atoms. The largest absolute Gasteiger partial charge is 0.511 e. The van der Waals surface area contributed by atoms with Crippen molar-refractivity contribution in [3.05, 3.63) is 44.5 Å². The van der Waals surface area contributed by atoms with Gasteiger partial charge in [-0.3, -0.25) is 0 Å². The smallest absolute Gasteiger partial charge is 0.475 e. The first-order chi connectivity index (χ1) is 14.8. The summed E-state index contributed by atoms with van der Waals surface area (Å²) >= 11 is 0. The van der Waals surface area contributed by atoms with Crippen molar-refractivity contribution in [3.63, 3.8) is 0 Å². The van der Waals surface area contributed by atoms with E-state index in [0.29, 0.717) is 5.56 Å². The van der Waals surface area contributed by atoms with Crippen molar-refractivity contribution >= 4 is 18.2 Å². The molecule has 1 heterocycles. The molecule has 0 fully saturated rings. The van der Waals surface area contributed by atoms with Crippen LogP contribution >= 0.6 is 0 Å². The summed E-state index contributed by atoms with van der Waals surface area (Å²) in [7, 11) is 0. The molecular formula is C19H20F3NO9. The van der Waals surface area contributed by atoms with Gasteiger partial charge >= 0.3 is 18.3 Å². The highest BCUT2D eigenvalue weighted by Gasteiger charge is 2.49. The van der Waals surface area contributed by atoms with Crippen LogP contribution in [0.5, 0.6) is 5.75 Å². The minimum atomic E-state index is -4.92. The van der Waals surface area contributed by atoms with Gasteiger partial charge in [0.05, 0.1) is 5.57 Å². The summed E-state index contributed by atoms with van der Waals surface area (Å²) in [5, 5.41) is 9.09. The number of carbonyl (C=O) groups is 2. The summed E-state index contributed by atoms with van der Waals surface area (Å²) in [4.78, 5) is 38.3. The van der Waals surface area contributed by atoms with E-state index in [-0.39, 0.29) is 11.3 Å². The van der Waals surface area contributed by atoms with Gasteiger partial charge in [0.15, 0.2) is 0 Å². The molecule has 10 nitrogen and oxygen atoms in total. The number of esters is 1. The molecule has 0 spiro atoms. The van der Waals surface area contributed by atoms with Crippen molar-refractivity contribution in [2.24, 2.45) is 0 Å². The van der Waals surface area contributed by atoms with Crippen LogP contribution in [0.4, 0.5) is 18.0 Å². The lowest BCUT2D eigenvalue weighted by atomic mass is 9.97. The van der Waals surface area contributed by atoms with Gasteiger partial charge in [0.2, 0.25) is 12.4 Å². The zero-order chi connectivity index (χ0) is 24.2. The predicted octanol–water partition coefficient (Wildman–Crippen LogP) is 3.65. The van der Waals surface area contributed by atoms with Gasteiger partial charge in [-0.25, -0.2) is 9.59 Å². The van der Waals surface area contributed by atoms with Crippen molar-refractivity contribution in [2.45, 2.75) is 52.4 Å². The molecule has 0 saturated heterocycles. The third-order valence-corrected chi connectivity index (χ3v) is 4.05. The summed E-state index contributed by atoms with van der Waals surface area (Å²) in [6, 6.07) is 3.19. The van der Waals surface area contributed by atoms with Gasteiger partial charge in [-0.05, 0) is 38.5 Å². The van der Waals surface area contributed by atoms with Crippen LogP contribution in [0.3, 0.4) is 0 Å². The number of alkyl halides is 3. The van der Waals surface area contributed by atoms with Gasteiger partial charge < -0.3 is 23.8 Å². The Balaban J connectivity index is 2.09. The van der Waals surface area contributed by atoms with Gasteiger partial charge in [0.1, 0.15) is 18.5 Å². The molecule has 0 N–H and O–H groups in total. The first-order valence-electron chi connectivity index (χ1n) is 9.19. The fraction of sp³-hybridized carbons (Fsp3) is 0.474. The molecule has 1 aliphatic rings. The Labute approximate surface area is 179 Å². The standard InChI is InChI=1S/C19H20F3NO9/c1-9-5-10(2)15-13(6-9)7-14(16(31-15)19(20,21)22)17(24)29-12(4)30-18(25)28-8-11(3)32-23(26)27/h5-7,11-12,16H,8H2,1-4H3. The average Bonchev–Trinajstić information content (AvgIpc) is 2.63. The molecule has 0 amide bonds. The lowest BCUT2D eigenvalue weighted by Crippen LogP contribution is -2.41. The van der Waals surface area contributed by atoms with Crippen molar-refractivity contribution < 1.29 is 51.6 Å². The number of rotatable bonds is 7. The second-order valence-electron chi connectivity index (χ2n) is 6.93. The number of aryl methyl sites for hydroxylation is 2.